The summed E-state index contributed by atoms with van der Waals surface area (Å²) in [6.45, 7) is 0.671. The molecular weight excluding hydrogens is 258 g/mol. The van der Waals surface area contributed by atoms with E-state index in [-0.39, 0.29) is 30.7 Å². The van der Waals surface area contributed by atoms with Crippen LogP contribution in [0.2, 0.25) is 5.15 Å². The predicted octanol–water partition coefficient (Wildman–Crippen LogP) is -0.289. The third kappa shape index (κ3) is 3.17. The van der Waals surface area contributed by atoms with Gasteiger partial charge in [0.25, 0.3) is 0 Å². The van der Waals surface area contributed by atoms with E-state index in [9.17, 15) is 15.0 Å². The third-order valence-corrected chi connectivity index (χ3v) is 3.04. The number of aromatic nitrogens is 1. The van der Waals surface area contributed by atoms with Crippen molar-refractivity contribution < 1.29 is 15.0 Å². The lowest BCUT2D eigenvalue weighted by molar-refractivity contribution is -0.117. The summed E-state index contributed by atoms with van der Waals surface area (Å²) in [5, 5.41) is 21.6. The van der Waals surface area contributed by atoms with E-state index < -0.39 is 12.2 Å². The number of hydrogen-bond donors (Lipinski definition) is 3. The summed E-state index contributed by atoms with van der Waals surface area (Å²) in [5.74, 6) is -0.258. The molecule has 1 aromatic heterocycles. The summed E-state index contributed by atoms with van der Waals surface area (Å²) < 4.78 is 0. The van der Waals surface area contributed by atoms with E-state index in [1.165, 1.54) is 6.20 Å². The number of likely N-dealkylation sites (tertiary alicyclic amines) is 1. The van der Waals surface area contributed by atoms with E-state index in [4.69, 9.17) is 11.6 Å². The fourth-order valence-corrected chi connectivity index (χ4v) is 2.01. The van der Waals surface area contributed by atoms with E-state index in [1.807, 2.05) is 0 Å². The topological polar surface area (TPSA) is 85.7 Å². The molecule has 1 aromatic rings. The lowest BCUT2D eigenvalue weighted by Gasteiger charge is -2.14. The first-order chi connectivity index (χ1) is 8.56. The summed E-state index contributed by atoms with van der Waals surface area (Å²) >= 11 is 5.81. The molecule has 1 aliphatic rings. The van der Waals surface area contributed by atoms with Crippen LogP contribution < -0.4 is 5.32 Å². The zero-order chi connectivity index (χ0) is 13.1. The fourth-order valence-electron chi connectivity index (χ4n) is 1.85. The van der Waals surface area contributed by atoms with Gasteiger partial charge in [0.15, 0.2) is 5.15 Å². The average molecular weight is 272 g/mol. The maximum absolute atomic E-state index is 11.7. The van der Waals surface area contributed by atoms with Gasteiger partial charge in [-0.2, -0.15) is 0 Å². The summed E-state index contributed by atoms with van der Waals surface area (Å²) in [6.07, 6.45) is -0.0508. The van der Waals surface area contributed by atoms with E-state index in [2.05, 4.69) is 10.3 Å². The molecule has 2 unspecified atom stereocenters. The van der Waals surface area contributed by atoms with Crippen molar-refractivity contribution in [3.05, 3.63) is 23.5 Å². The second kappa shape index (κ2) is 5.62. The lowest BCUT2D eigenvalue weighted by Crippen LogP contribution is -2.32. The highest BCUT2D eigenvalue weighted by Crippen LogP contribution is 2.17. The van der Waals surface area contributed by atoms with Crippen LogP contribution in [0.15, 0.2) is 18.3 Å². The first-order valence-electron chi connectivity index (χ1n) is 5.55. The number of pyridine rings is 1. The Balaban J connectivity index is 1.88. The van der Waals surface area contributed by atoms with Crippen LogP contribution in [0.5, 0.6) is 0 Å². The van der Waals surface area contributed by atoms with Crippen molar-refractivity contribution in [2.75, 3.05) is 25.0 Å². The molecule has 0 bridgehead atoms. The van der Waals surface area contributed by atoms with Crippen molar-refractivity contribution >= 4 is 23.2 Å². The van der Waals surface area contributed by atoms with Gasteiger partial charge in [-0.1, -0.05) is 11.6 Å². The van der Waals surface area contributed by atoms with Crippen molar-refractivity contribution in [1.82, 2.24) is 9.88 Å². The molecule has 2 rings (SSSR count). The van der Waals surface area contributed by atoms with Crippen LogP contribution in [-0.4, -0.2) is 57.8 Å². The number of anilines is 1. The van der Waals surface area contributed by atoms with E-state index in [1.54, 1.807) is 17.0 Å². The summed E-state index contributed by atoms with van der Waals surface area (Å²) in [5.41, 5.74) is 0.449. The zero-order valence-electron chi connectivity index (χ0n) is 9.58. The van der Waals surface area contributed by atoms with Gasteiger partial charge in [0.2, 0.25) is 5.91 Å². The first kappa shape index (κ1) is 13.2. The summed E-state index contributed by atoms with van der Waals surface area (Å²) in [6, 6.07) is 3.33. The molecular formula is C11H14ClN3O3. The van der Waals surface area contributed by atoms with Crippen LogP contribution in [0.25, 0.3) is 0 Å². The number of rotatable bonds is 3. The van der Waals surface area contributed by atoms with Crippen LogP contribution in [0.3, 0.4) is 0 Å². The normalized spacial score (nSPS) is 24.2. The molecule has 0 spiro atoms. The van der Waals surface area contributed by atoms with E-state index in [0.29, 0.717) is 5.69 Å². The summed E-state index contributed by atoms with van der Waals surface area (Å²) in [7, 11) is 0. The predicted molar refractivity (Wildman–Crippen MR) is 66.3 cm³/mol. The molecule has 1 fully saturated rings. The van der Waals surface area contributed by atoms with Crippen LogP contribution in [0.1, 0.15) is 0 Å². The van der Waals surface area contributed by atoms with Gasteiger partial charge >= 0.3 is 0 Å². The Bertz CT molecular complexity index is 433. The van der Waals surface area contributed by atoms with Gasteiger partial charge in [-0.25, -0.2) is 4.98 Å². The summed E-state index contributed by atoms with van der Waals surface area (Å²) in [4.78, 5) is 17.3. The van der Waals surface area contributed by atoms with E-state index >= 15 is 0 Å². The average Bonchev–Trinajstić information content (AvgIpc) is 2.61. The minimum Gasteiger partial charge on any atom is -0.389 e. The number of halogens is 1. The molecule has 0 aliphatic carbocycles. The lowest BCUT2D eigenvalue weighted by atomic mass is 10.3. The number of carbonyl (C=O) groups excluding carboxylic acids is 1. The molecule has 3 N–H and O–H groups in total. The standard InChI is InChI=1S/C11H14ClN3O3/c12-11-7(2-1-3-13-11)14-10(18)6-15-4-8(16)9(17)5-15/h1-3,8-9,16-17H,4-6H2,(H,14,18). The number of aliphatic hydroxyl groups is 2. The molecule has 6 nitrogen and oxygen atoms in total. The zero-order valence-corrected chi connectivity index (χ0v) is 10.3. The largest absolute Gasteiger partial charge is 0.389 e. The maximum Gasteiger partial charge on any atom is 0.238 e. The monoisotopic (exact) mass is 271 g/mol. The second-order valence-electron chi connectivity index (χ2n) is 4.22. The Labute approximate surface area is 109 Å². The smallest absolute Gasteiger partial charge is 0.238 e. The van der Waals surface area contributed by atoms with Gasteiger partial charge in [0.05, 0.1) is 24.4 Å². The fraction of sp³-hybridized carbons (Fsp3) is 0.455. The molecule has 18 heavy (non-hydrogen) atoms. The molecule has 0 radical (unpaired) electrons. The van der Waals surface area contributed by atoms with Crippen LogP contribution in [0, 0.1) is 0 Å². The number of aliphatic hydroxyl groups excluding tert-OH is 2. The van der Waals surface area contributed by atoms with Crippen LogP contribution >= 0.6 is 11.6 Å². The Hall–Kier alpha value is -1.21. The molecule has 2 heterocycles. The molecule has 1 aliphatic heterocycles. The molecule has 7 heteroatoms. The Morgan fingerprint density at radius 1 is 1.50 bits per heavy atom. The SMILES string of the molecule is O=C(CN1CC(O)C(O)C1)Nc1cccnc1Cl. The number of carbonyl (C=O) groups is 1. The molecule has 0 saturated carbocycles. The molecule has 0 aromatic carbocycles. The molecule has 1 amide bonds. The first-order valence-corrected chi connectivity index (χ1v) is 5.93. The third-order valence-electron chi connectivity index (χ3n) is 2.74. The molecule has 2 atom stereocenters. The molecule has 98 valence electrons. The Kier molecular flexibility index (Phi) is 4.13. The van der Waals surface area contributed by atoms with Gasteiger partial charge in [0, 0.05) is 19.3 Å². The maximum atomic E-state index is 11.7. The molecule has 1 saturated heterocycles. The highest BCUT2D eigenvalue weighted by Gasteiger charge is 2.30. The Morgan fingerprint density at radius 2 is 2.17 bits per heavy atom. The minimum atomic E-state index is -0.792. The van der Waals surface area contributed by atoms with Crippen molar-refractivity contribution in [2.24, 2.45) is 0 Å². The van der Waals surface area contributed by atoms with Crippen molar-refractivity contribution in [3.63, 3.8) is 0 Å². The number of amides is 1. The van der Waals surface area contributed by atoms with Crippen LogP contribution in [0.4, 0.5) is 5.69 Å². The highest BCUT2D eigenvalue weighted by atomic mass is 35.5. The number of nitrogens with one attached hydrogen (secondary N) is 1. The number of β-amino-alcohol motifs (C(OH)–C–C–N with tert-alkyl or cyclic N) is 2. The van der Waals surface area contributed by atoms with Crippen molar-refractivity contribution in [2.45, 2.75) is 12.2 Å². The Morgan fingerprint density at radius 3 is 2.78 bits per heavy atom. The van der Waals surface area contributed by atoms with Gasteiger partial charge in [-0.3, -0.25) is 9.69 Å². The van der Waals surface area contributed by atoms with Gasteiger partial charge in [0.1, 0.15) is 0 Å². The van der Waals surface area contributed by atoms with Crippen molar-refractivity contribution in [1.29, 1.82) is 0 Å². The van der Waals surface area contributed by atoms with Gasteiger partial charge in [-0.15, -0.1) is 0 Å². The quantitative estimate of drug-likeness (QED) is 0.658. The minimum absolute atomic E-state index is 0.0966. The van der Waals surface area contributed by atoms with Gasteiger partial charge < -0.3 is 15.5 Å². The van der Waals surface area contributed by atoms with Gasteiger partial charge in [-0.05, 0) is 12.1 Å². The second-order valence-corrected chi connectivity index (χ2v) is 4.58. The number of hydrogen-bond acceptors (Lipinski definition) is 5. The van der Waals surface area contributed by atoms with Crippen LogP contribution in [-0.2, 0) is 4.79 Å². The van der Waals surface area contributed by atoms with E-state index in [0.717, 1.165) is 0 Å². The highest BCUT2D eigenvalue weighted by molar-refractivity contribution is 6.32. The van der Waals surface area contributed by atoms with Crippen molar-refractivity contribution in [3.8, 4) is 0 Å². The number of nitrogens with zero attached hydrogens (tertiary/aromatic N) is 2.